The van der Waals surface area contributed by atoms with Crippen molar-refractivity contribution in [2.24, 2.45) is 0 Å². The highest BCUT2D eigenvalue weighted by molar-refractivity contribution is 6.05. The maximum Gasteiger partial charge on any atom is 0.255 e. The van der Waals surface area contributed by atoms with E-state index >= 15 is 0 Å². The Bertz CT molecular complexity index is 1080. The molecule has 0 fully saturated rings. The molecule has 2 aromatic carbocycles. The molecule has 0 bridgehead atoms. The summed E-state index contributed by atoms with van der Waals surface area (Å²) in [6.45, 7) is 2.97. The van der Waals surface area contributed by atoms with Gasteiger partial charge in [0.25, 0.3) is 5.91 Å². The van der Waals surface area contributed by atoms with Crippen LogP contribution in [0.25, 0.3) is 0 Å². The van der Waals surface area contributed by atoms with Gasteiger partial charge in [-0.15, -0.1) is 0 Å². The van der Waals surface area contributed by atoms with Crippen LogP contribution in [0.3, 0.4) is 0 Å². The molecule has 0 saturated heterocycles. The number of aromatic nitrogens is 2. The number of rotatable bonds is 6. The third-order valence-electron chi connectivity index (χ3n) is 4.23. The van der Waals surface area contributed by atoms with E-state index in [4.69, 9.17) is 0 Å². The fourth-order valence-electron chi connectivity index (χ4n) is 2.71. The minimum Gasteiger partial charge on any atom is -0.324 e. The van der Waals surface area contributed by atoms with Crippen molar-refractivity contribution in [2.45, 2.75) is 19.9 Å². The largest absolute Gasteiger partial charge is 0.324 e. The van der Waals surface area contributed by atoms with E-state index in [1.807, 2.05) is 0 Å². The molecule has 3 aromatic rings. The first-order valence-electron chi connectivity index (χ1n) is 9.12. The first-order valence-corrected chi connectivity index (χ1v) is 9.12. The number of benzene rings is 2. The zero-order valence-electron chi connectivity index (χ0n) is 16.3. The van der Waals surface area contributed by atoms with E-state index in [9.17, 15) is 18.8 Å². The van der Waals surface area contributed by atoms with Crippen molar-refractivity contribution >= 4 is 34.8 Å². The number of anilines is 3. The molecule has 1 heterocycles. The van der Waals surface area contributed by atoms with Gasteiger partial charge in [-0.25, -0.2) is 4.39 Å². The lowest BCUT2D eigenvalue weighted by Gasteiger charge is -2.14. The first-order chi connectivity index (χ1) is 14.3. The average Bonchev–Trinajstić information content (AvgIpc) is 3.23. The molecular formula is C21H20FN5O3. The van der Waals surface area contributed by atoms with Gasteiger partial charge in [0.1, 0.15) is 11.9 Å². The van der Waals surface area contributed by atoms with Crippen molar-refractivity contribution in [3.8, 4) is 0 Å². The Labute approximate surface area is 172 Å². The van der Waals surface area contributed by atoms with Gasteiger partial charge in [-0.05, 0) is 49.4 Å². The van der Waals surface area contributed by atoms with Gasteiger partial charge in [-0.3, -0.25) is 19.1 Å². The normalized spacial score (nSPS) is 11.4. The quantitative estimate of drug-likeness (QED) is 0.580. The van der Waals surface area contributed by atoms with Crippen LogP contribution < -0.4 is 16.0 Å². The van der Waals surface area contributed by atoms with Gasteiger partial charge >= 0.3 is 0 Å². The minimum atomic E-state index is -0.641. The van der Waals surface area contributed by atoms with E-state index in [1.54, 1.807) is 49.6 Å². The number of amides is 3. The molecule has 0 saturated carbocycles. The monoisotopic (exact) mass is 409 g/mol. The summed E-state index contributed by atoms with van der Waals surface area (Å²) < 4.78 is 15.3. The predicted molar refractivity (Wildman–Crippen MR) is 111 cm³/mol. The lowest BCUT2D eigenvalue weighted by Crippen LogP contribution is -2.24. The number of halogens is 1. The molecule has 0 aliphatic carbocycles. The SMILES string of the molecule is CC(=O)Nc1cc(C(=O)Nc2cccc(NC(=O)C(C)n3cccn3)c2)ccc1F. The number of carbonyl (C=O) groups excluding carboxylic acids is 3. The standard InChI is InChI=1S/C21H20FN5O3/c1-13(27-10-4-9-23-27)20(29)25-16-5-3-6-17(12-16)26-21(30)15-7-8-18(22)19(11-15)24-14(2)28/h3-13H,1-2H3,(H,24,28)(H,25,29)(H,26,30). The first kappa shape index (κ1) is 20.7. The second kappa shape index (κ2) is 8.99. The topological polar surface area (TPSA) is 105 Å². The van der Waals surface area contributed by atoms with Crippen molar-refractivity contribution in [1.29, 1.82) is 0 Å². The summed E-state index contributed by atoms with van der Waals surface area (Å²) in [5, 5.41) is 11.8. The highest BCUT2D eigenvalue weighted by atomic mass is 19.1. The van der Waals surface area contributed by atoms with Gasteiger partial charge in [-0.2, -0.15) is 5.10 Å². The highest BCUT2D eigenvalue weighted by Crippen LogP contribution is 2.20. The van der Waals surface area contributed by atoms with Crippen LogP contribution in [-0.2, 0) is 9.59 Å². The van der Waals surface area contributed by atoms with Gasteiger partial charge in [0.15, 0.2) is 0 Å². The molecule has 1 unspecified atom stereocenters. The van der Waals surface area contributed by atoms with Gasteiger partial charge < -0.3 is 16.0 Å². The maximum atomic E-state index is 13.8. The lowest BCUT2D eigenvalue weighted by molar-refractivity contribution is -0.119. The third kappa shape index (κ3) is 5.07. The molecule has 154 valence electrons. The third-order valence-corrected chi connectivity index (χ3v) is 4.23. The van der Waals surface area contributed by atoms with Crippen LogP contribution in [0.15, 0.2) is 60.9 Å². The van der Waals surface area contributed by atoms with Crippen molar-refractivity contribution < 1.29 is 18.8 Å². The van der Waals surface area contributed by atoms with Crippen molar-refractivity contribution in [3.05, 3.63) is 72.3 Å². The van der Waals surface area contributed by atoms with E-state index in [0.717, 1.165) is 6.07 Å². The summed E-state index contributed by atoms with van der Waals surface area (Å²) in [5.41, 5.74) is 1.02. The molecular weight excluding hydrogens is 389 g/mol. The average molecular weight is 409 g/mol. The predicted octanol–water partition coefficient (Wildman–Crippen LogP) is 3.43. The van der Waals surface area contributed by atoms with Crippen LogP contribution >= 0.6 is 0 Å². The molecule has 9 heteroatoms. The van der Waals surface area contributed by atoms with Crippen molar-refractivity contribution in [2.75, 3.05) is 16.0 Å². The second-order valence-electron chi connectivity index (χ2n) is 6.56. The molecule has 0 aliphatic heterocycles. The minimum absolute atomic E-state index is 0.0798. The van der Waals surface area contributed by atoms with E-state index in [1.165, 1.54) is 23.7 Å². The Hall–Kier alpha value is -4.01. The number of hydrogen-bond donors (Lipinski definition) is 3. The summed E-state index contributed by atoms with van der Waals surface area (Å²) >= 11 is 0. The van der Waals surface area contributed by atoms with Crippen molar-refractivity contribution in [1.82, 2.24) is 9.78 Å². The van der Waals surface area contributed by atoms with Crippen LogP contribution in [0.2, 0.25) is 0 Å². The zero-order valence-corrected chi connectivity index (χ0v) is 16.3. The summed E-state index contributed by atoms with van der Waals surface area (Å²) in [7, 11) is 0. The van der Waals surface area contributed by atoms with Gasteiger partial charge in [0, 0.05) is 36.3 Å². The molecule has 3 N–H and O–H groups in total. The molecule has 3 amide bonds. The fourth-order valence-corrected chi connectivity index (χ4v) is 2.71. The Morgan fingerprint density at radius 1 is 1.00 bits per heavy atom. The smallest absolute Gasteiger partial charge is 0.255 e. The summed E-state index contributed by atoms with van der Waals surface area (Å²) in [5.74, 6) is -1.84. The molecule has 30 heavy (non-hydrogen) atoms. The van der Waals surface area contributed by atoms with E-state index in [-0.39, 0.29) is 17.2 Å². The summed E-state index contributed by atoms with van der Waals surface area (Å²) in [6, 6.07) is 11.5. The van der Waals surface area contributed by atoms with Crippen LogP contribution in [0.5, 0.6) is 0 Å². The number of nitrogens with one attached hydrogen (secondary N) is 3. The van der Waals surface area contributed by atoms with Crippen LogP contribution in [0.1, 0.15) is 30.2 Å². The molecule has 0 radical (unpaired) electrons. The Kier molecular flexibility index (Phi) is 6.21. The highest BCUT2D eigenvalue weighted by Gasteiger charge is 2.16. The van der Waals surface area contributed by atoms with Gasteiger partial charge in [0.05, 0.1) is 5.69 Å². The maximum absolute atomic E-state index is 13.8. The lowest BCUT2D eigenvalue weighted by atomic mass is 10.1. The summed E-state index contributed by atoms with van der Waals surface area (Å²) in [6.07, 6.45) is 3.28. The van der Waals surface area contributed by atoms with Crippen LogP contribution in [0.4, 0.5) is 21.5 Å². The summed E-state index contributed by atoms with van der Waals surface area (Å²) in [4.78, 5) is 36.1. The Morgan fingerprint density at radius 3 is 2.40 bits per heavy atom. The molecule has 1 aromatic heterocycles. The number of hydrogen-bond acceptors (Lipinski definition) is 4. The van der Waals surface area contributed by atoms with Crippen LogP contribution in [-0.4, -0.2) is 27.5 Å². The second-order valence-corrected chi connectivity index (χ2v) is 6.56. The molecule has 3 rings (SSSR count). The van der Waals surface area contributed by atoms with Gasteiger partial charge in [-0.1, -0.05) is 6.07 Å². The molecule has 8 nitrogen and oxygen atoms in total. The van der Waals surface area contributed by atoms with E-state index in [0.29, 0.717) is 11.4 Å². The number of carbonyl (C=O) groups is 3. The zero-order chi connectivity index (χ0) is 21.7. The van der Waals surface area contributed by atoms with E-state index < -0.39 is 23.7 Å². The number of nitrogens with zero attached hydrogens (tertiary/aromatic N) is 2. The molecule has 0 aliphatic rings. The Balaban J connectivity index is 1.70. The Morgan fingerprint density at radius 2 is 1.73 bits per heavy atom. The fraction of sp³-hybridized carbons (Fsp3) is 0.143. The van der Waals surface area contributed by atoms with Crippen molar-refractivity contribution in [3.63, 3.8) is 0 Å². The van der Waals surface area contributed by atoms with Crippen LogP contribution in [0, 0.1) is 5.82 Å². The van der Waals surface area contributed by atoms with Gasteiger partial charge in [0.2, 0.25) is 11.8 Å². The van der Waals surface area contributed by atoms with E-state index in [2.05, 4.69) is 21.0 Å². The molecule has 0 spiro atoms. The molecule has 1 atom stereocenters.